The van der Waals surface area contributed by atoms with Gasteiger partial charge in [-0.25, -0.2) is 15.0 Å². The summed E-state index contributed by atoms with van der Waals surface area (Å²) in [7, 11) is 2.86. The molecule has 0 bridgehead atoms. The molecule has 0 saturated carbocycles. The summed E-state index contributed by atoms with van der Waals surface area (Å²) in [6.45, 7) is 1.73. The molecule has 0 fully saturated rings. The minimum atomic E-state index is -0.416. The van der Waals surface area contributed by atoms with Gasteiger partial charge in [-0.15, -0.1) is 0 Å². The SMILES string of the molecule is CON(C)C(=O)c1nc(C)cnc1N. The van der Waals surface area contributed by atoms with Crippen LogP contribution in [0.1, 0.15) is 16.2 Å². The highest BCUT2D eigenvalue weighted by atomic mass is 16.7. The lowest BCUT2D eigenvalue weighted by Crippen LogP contribution is -2.27. The number of hydroxylamine groups is 2. The molecule has 1 amide bonds. The average molecular weight is 196 g/mol. The summed E-state index contributed by atoms with van der Waals surface area (Å²) in [5, 5.41) is 1.04. The molecule has 0 radical (unpaired) electrons. The molecule has 0 spiro atoms. The number of rotatable bonds is 2. The van der Waals surface area contributed by atoms with Gasteiger partial charge >= 0.3 is 0 Å². The number of nitrogen functional groups attached to an aromatic ring is 1. The summed E-state index contributed by atoms with van der Waals surface area (Å²) in [6, 6.07) is 0. The number of carbonyl (C=O) groups is 1. The van der Waals surface area contributed by atoms with Gasteiger partial charge in [0.05, 0.1) is 19.0 Å². The lowest BCUT2D eigenvalue weighted by Gasteiger charge is -2.13. The van der Waals surface area contributed by atoms with Gasteiger partial charge in [-0.05, 0) is 6.92 Å². The molecule has 0 aromatic carbocycles. The van der Waals surface area contributed by atoms with Crippen molar-refractivity contribution in [1.82, 2.24) is 15.0 Å². The van der Waals surface area contributed by atoms with Gasteiger partial charge in [-0.2, -0.15) is 0 Å². The molecule has 0 saturated heterocycles. The predicted molar refractivity (Wildman–Crippen MR) is 50.3 cm³/mol. The fourth-order valence-electron chi connectivity index (χ4n) is 0.876. The molecular weight excluding hydrogens is 184 g/mol. The molecule has 0 atom stereocenters. The normalized spacial score (nSPS) is 9.93. The summed E-state index contributed by atoms with van der Waals surface area (Å²) in [4.78, 5) is 24.1. The van der Waals surface area contributed by atoms with Gasteiger partial charge in [0.15, 0.2) is 11.5 Å². The van der Waals surface area contributed by atoms with Crippen LogP contribution in [0.5, 0.6) is 0 Å². The largest absolute Gasteiger partial charge is 0.382 e. The van der Waals surface area contributed by atoms with Crippen LogP contribution in [-0.2, 0) is 4.84 Å². The summed E-state index contributed by atoms with van der Waals surface area (Å²) >= 11 is 0. The van der Waals surface area contributed by atoms with Gasteiger partial charge in [0.25, 0.3) is 5.91 Å². The number of aromatic nitrogens is 2. The minimum absolute atomic E-state index is 0.101. The number of nitrogens with two attached hydrogens (primary N) is 1. The molecule has 0 aliphatic rings. The van der Waals surface area contributed by atoms with E-state index < -0.39 is 5.91 Å². The Labute approximate surface area is 81.7 Å². The molecule has 14 heavy (non-hydrogen) atoms. The van der Waals surface area contributed by atoms with Crippen LogP contribution in [-0.4, -0.2) is 35.1 Å². The van der Waals surface area contributed by atoms with Gasteiger partial charge in [-0.3, -0.25) is 9.63 Å². The van der Waals surface area contributed by atoms with Crippen molar-refractivity contribution in [3.63, 3.8) is 0 Å². The molecule has 1 aromatic heterocycles. The Morgan fingerprint density at radius 2 is 2.29 bits per heavy atom. The molecule has 0 aliphatic carbocycles. The Morgan fingerprint density at radius 3 is 2.86 bits per heavy atom. The van der Waals surface area contributed by atoms with Gasteiger partial charge in [0.2, 0.25) is 0 Å². The third-order valence-corrected chi connectivity index (χ3v) is 1.68. The highest BCUT2D eigenvalue weighted by molar-refractivity contribution is 5.95. The molecule has 0 unspecified atom stereocenters. The average Bonchev–Trinajstić information content (AvgIpc) is 2.19. The summed E-state index contributed by atoms with van der Waals surface area (Å²) in [6.07, 6.45) is 1.50. The second kappa shape index (κ2) is 4.01. The van der Waals surface area contributed by atoms with Crippen LogP contribution in [0.3, 0.4) is 0 Å². The fourth-order valence-corrected chi connectivity index (χ4v) is 0.876. The molecule has 1 aromatic rings. The molecular formula is C8H12N4O2. The number of carbonyl (C=O) groups excluding carboxylic acids is 1. The number of hydrogen-bond donors (Lipinski definition) is 1. The van der Waals surface area contributed by atoms with Gasteiger partial charge in [0.1, 0.15) is 0 Å². The van der Waals surface area contributed by atoms with Crippen molar-refractivity contribution in [1.29, 1.82) is 0 Å². The first-order chi connectivity index (χ1) is 6.56. The monoisotopic (exact) mass is 196 g/mol. The fraction of sp³-hybridized carbons (Fsp3) is 0.375. The highest BCUT2D eigenvalue weighted by Gasteiger charge is 2.17. The Balaban J connectivity index is 3.06. The van der Waals surface area contributed by atoms with Gasteiger partial charge < -0.3 is 5.73 Å². The van der Waals surface area contributed by atoms with Crippen LogP contribution in [0.15, 0.2) is 6.20 Å². The van der Waals surface area contributed by atoms with E-state index in [0.29, 0.717) is 5.69 Å². The lowest BCUT2D eigenvalue weighted by molar-refractivity contribution is -0.0760. The van der Waals surface area contributed by atoms with Gasteiger partial charge in [0, 0.05) is 7.05 Å². The van der Waals surface area contributed by atoms with Gasteiger partial charge in [-0.1, -0.05) is 0 Å². The smallest absolute Gasteiger partial charge is 0.299 e. The number of hydrogen-bond acceptors (Lipinski definition) is 5. The summed E-state index contributed by atoms with van der Waals surface area (Å²) in [5.74, 6) is -0.314. The number of aryl methyl sites for hydroxylation is 1. The minimum Gasteiger partial charge on any atom is -0.382 e. The van der Waals surface area contributed by atoms with E-state index in [0.717, 1.165) is 5.06 Å². The molecule has 0 aliphatic heterocycles. The van der Waals surface area contributed by atoms with Crippen LogP contribution < -0.4 is 5.73 Å². The number of nitrogens with zero attached hydrogens (tertiary/aromatic N) is 3. The first kappa shape index (κ1) is 10.4. The van der Waals surface area contributed by atoms with E-state index in [1.54, 1.807) is 6.92 Å². The van der Waals surface area contributed by atoms with E-state index in [4.69, 9.17) is 10.6 Å². The van der Waals surface area contributed by atoms with Crippen LogP contribution in [0.4, 0.5) is 5.82 Å². The highest BCUT2D eigenvalue weighted by Crippen LogP contribution is 2.08. The molecule has 76 valence electrons. The second-order valence-corrected chi connectivity index (χ2v) is 2.73. The van der Waals surface area contributed by atoms with E-state index in [2.05, 4.69) is 9.97 Å². The van der Waals surface area contributed by atoms with Crippen molar-refractivity contribution in [2.45, 2.75) is 6.92 Å². The van der Waals surface area contributed by atoms with Crippen molar-refractivity contribution in [3.05, 3.63) is 17.6 Å². The first-order valence-corrected chi connectivity index (χ1v) is 3.97. The maximum atomic E-state index is 11.6. The van der Waals surface area contributed by atoms with Crippen molar-refractivity contribution < 1.29 is 9.63 Å². The third-order valence-electron chi connectivity index (χ3n) is 1.68. The van der Waals surface area contributed by atoms with Crippen molar-refractivity contribution in [3.8, 4) is 0 Å². The third kappa shape index (κ3) is 1.97. The number of anilines is 1. The molecule has 1 heterocycles. The lowest BCUT2D eigenvalue weighted by atomic mass is 10.3. The summed E-state index contributed by atoms with van der Waals surface area (Å²) in [5.41, 5.74) is 6.24. The van der Waals surface area contributed by atoms with Crippen molar-refractivity contribution >= 4 is 11.7 Å². The Hall–Kier alpha value is -1.69. The maximum absolute atomic E-state index is 11.6. The van der Waals surface area contributed by atoms with Crippen LogP contribution in [0, 0.1) is 6.92 Å². The quantitative estimate of drug-likeness (QED) is 0.673. The van der Waals surface area contributed by atoms with Crippen molar-refractivity contribution in [2.24, 2.45) is 0 Å². The zero-order chi connectivity index (χ0) is 10.7. The zero-order valence-electron chi connectivity index (χ0n) is 8.31. The van der Waals surface area contributed by atoms with E-state index in [1.807, 2.05) is 0 Å². The molecule has 6 nitrogen and oxygen atoms in total. The summed E-state index contributed by atoms with van der Waals surface area (Å²) < 4.78 is 0. The van der Waals surface area contributed by atoms with E-state index in [-0.39, 0.29) is 11.5 Å². The molecule has 6 heteroatoms. The Kier molecular flexibility index (Phi) is 2.98. The van der Waals surface area contributed by atoms with Crippen LogP contribution in [0.2, 0.25) is 0 Å². The topological polar surface area (TPSA) is 81.3 Å². The Bertz CT molecular complexity index is 353. The van der Waals surface area contributed by atoms with Crippen molar-refractivity contribution in [2.75, 3.05) is 19.9 Å². The van der Waals surface area contributed by atoms with Crippen LogP contribution >= 0.6 is 0 Å². The molecule has 1 rings (SSSR count). The second-order valence-electron chi connectivity index (χ2n) is 2.73. The zero-order valence-corrected chi connectivity index (χ0v) is 8.31. The van der Waals surface area contributed by atoms with E-state index in [1.165, 1.54) is 20.4 Å². The first-order valence-electron chi connectivity index (χ1n) is 3.97. The standard InChI is InChI=1S/C8H12N4O2/c1-5-4-10-7(9)6(11-5)8(13)12(2)14-3/h4H,1-3H3,(H2,9,10). The predicted octanol–water partition coefficient (Wildman–Crippen LogP) is 0.000620. The number of amides is 1. The molecule has 2 N–H and O–H groups in total. The Morgan fingerprint density at radius 1 is 1.64 bits per heavy atom. The maximum Gasteiger partial charge on any atom is 0.299 e. The van der Waals surface area contributed by atoms with E-state index in [9.17, 15) is 4.79 Å². The van der Waals surface area contributed by atoms with E-state index >= 15 is 0 Å². The van der Waals surface area contributed by atoms with Crippen LogP contribution in [0.25, 0.3) is 0 Å².